The summed E-state index contributed by atoms with van der Waals surface area (Å²) in [6.45, 7) is 5.60. The van der Waals surface area contributed by atoms with Crippen LogP contribution in [0.3, 0.4) is 0 Å². The van der Waals surface area contributed by atoms with Gasteiger partial charge < -0.3 is 25.8 Å². The summed E-state index contributed by atoms with van der Waals surface area (Å²) in [6.07, 6.45) is 8.13. The number of anilines is 4. The van der Waals surface area contributed by atoms with E-state index in [1.165, 1.54) is 25.7 Å². The number of nitrogens with zero attached hydrogens (tertiary/aromatic N) is 6. The highest BCUT2D eigenvalue weighted by Gasteiger charge is 2.24. The molecule has 0 radical (unpaired) electrons. The molecule has 0 aromatic carbocycles. The van der Waals surface area contributed by atoms with Gasteiger partial charge in [-0.1, -0.05) is 17.4 Å². The number of carbonyl (C=O) groups is 1. The first-order valence-corrected chi connectivity index (χ1v) is 14.1. The van der Waals surface area contributed by atoms with E-state index in [1.54, 1.807) is 17.4 Å². The normalized spacial score (nSPS) is 20.8. The largest absolute Gasteiger partial charge is 0.355 e. The molecule has 0 saturated carbocycles. The predicted octanol–water partition coefficient (Wildman–Crippen LogP) is 3.86. The summed E-state index contributed by atoms with van der Waals surface area (Å²) in [5.41, 5.74) is 7.98. The molecule has 9 nitrogen and oxygen atoms in total. The number of piperidine rings is 2. The van der Waals surface area contributed by atoms with Gasteiger partial charge in [-0.2, -0.15) is 4.98 Å². The molecule has 6 rings (SSSR count). The van der Waals surface area contributed by atoms with Gasteiger partial charge in [-0.25, -0.2) is 9.97 Å². The van der Waals surface area contributed by atoms with Crippen molar-refractivity contribution in [3.8, 4) is 0 Å². The summed E-state index contributed by atoms with van der Waals surface area (Å²) in [5, 5.41) is 4.18. The van der Waals surface area contributed by atoms with Crippen LogP contribution in [-0.4, -0.2) is 66.2 Å². The highest BCUT2D eigenvalue weighted by atomic mass is 32.1. The molecule has 3 aromatic heterocycles. The highest BCUT2D eigenvalue weighted by Crippen LogP contribution is 2.36. The molecule has 3 N–H and O–H groups in total. The Bertz CT molecular complexity index is 1230. The van der Waals surface area contributed by atoms with Crippen molar-refractivity contribution in [2.24, 2.45) is 5.73 Å². The summed E-state index contributed by atoms with van der Waals surface area (Å²) in [5.74, 6) is 1.39. The first-order chi connectivity index (χ1) is 17.6. The zero-order chi connectivity index (χ0) is 24.5. The Morgan fingerprint density at radius 3 is 2.39 bits per heavy atom. The Kier molecular flexibility index (Phi) is 6.62. The number of nitrogens with one attached hydrogen (secondary N) is 1. The third-order valence-electron chi connectivity index (χ3n) is 7.40. The van der Waals surface area contributed by atoms with Gasteiger partial charge in [-0.05, 0) is 63.1 Å². The summed E-state index contributed by atoms with van der Waals surface area (Å²) in [6, 6.07) is 7.81. The van der Waals surface area contributed by atoms with Crippen molar-refractivity contribution in [3.63, 3.8) is 0 Å². The van der Waals surface area contributed by atoms with Crippen molar-refractivity contribution >= 4 is 50.0 Å². The van der Waals surface area contributed by atoms with Crippen LogP contribution in [0.4, 0.5) is 22.5 Å². The van der Waals surface area contributed by atoms with Gasteiger partial charge in [0.15, 0.2) is 16.6 Å². The molecular formula is C26H34N8OS. The van der Waals surface area contributed by atoms with Crippen LogP contribution in [0.25, 0.3) is 10.3 Å². The van der Waals surface area contributed by atoms with Gasteiger partial charge in [0.2, 0.25) is 0 Å². The average molecular weight is 507 g/mol. The second-order valence-corrected chi connectivity index (χ2v) is 11.1. The van der Waals surface area contributed by atoms with Gasteiger partial charge in [0, 0.05) is 45.3 Å². The molecule has 1 unspecified atom stereocenters. The molecule has 0 aliphatic carbocycles. The summed E-state index contributed by atoms with van der Waals surface area (Å²) in [7, 11) is 0. The molecule has 1 atom stereocenters. The fraction of sp³-hybridized carbons (Fsp3) is 0.538. The molecule has 0 bridgehead atoms. The van der Waals surface area contributed by atoms with Gasteiger partial charge in [0.05, 0.1) is 10.4 Å². The lowest BCUT2D eigenvalue weighted by Crippen LogP contribution is -2.31. The summed E-state index contributed by atoms with van der Waals surface area (Å²) < 4.78 is 0.999. The second kappa shape index (κ2) is 10.2. The van der Waals surface area contributed by atoms with E-state index in [1.807, 2.05) is 12.1 Å². The minimum absolute atomic E-state index is 0.156. The number of carbonyl (C=O) groups excluding carboxylic acids is 1. The summed E-state index contributed by atoms with van der Waals surface area (Å²) >= 11 is 1.66. The van der Waals surface area contributed by atoms with E-state index >= 15 is 0 Å². The maximum Gasteiger partial charge on any atom is 0.274 e. The molecule has 3 aliphatic heterocycles. The number of thiazole rings is 1. The minimum Gasteiger partial charge on any atom is -0.355 e. The number of aromatic nitrogens is 3. The lowest BCUT2D eigenvalue weighted by Gasteiger charge is -2.29. The van der Waals surface area contributed by atoms with Crippen LogP contribution in [0, 0.1) is 0 Å². The van der Waals surface area contributed by atoms with Gasteiger partial charge in [0.25, 0.3) is 5.91 Å². The van der Waals surface area contributed by atoms with Crippen molar-refractivity contribution in [3.05, 3.63) is 30.0 Å². The molecule has 3 fully saturated rings. The maximum absolute atomic E-state index is 13.4. The van der Waals surface area contributed by atoms with Crippen LogP contribution in [-0.2, 0) is 0 Å². The lowest BCUT2D eigenvalue weighted by molar-refractivity contribution is 0.102. The lowest BCUT2D eigenvalue weighted by atomic mass is 10.1. The highest BCUT2D eigenvalue weighted by molar-refractivity contribution is 7.22. The standard InChI is InChI=1S/C26H34N8OS/c27-18-10-15-34(17-18)22-9-7-8-19(28-22)25(35)29-20-16-21-23(30-24(20)32-11-3-1-4-12-32)31-26(36-21)33-13-5-2-6-14-33/h7-9,16,18H,1-6,10-15,17,27H2,(H,29,35). The van der Waals surface area contributed by atoms with Gasteiger partial charge in [0.1, 0.15) is 11.5 Å². The number of pyridine rings is 2. The zero-order valence-electron chi connectivity index (χ0n) is 20.7. The van der Waals surface area contributed by atoms with E-state index in [0.29, 0.717) is 5.69 Å². The maximum atomic E-state index is 13.4. The molecular weight excluding hydrogens is 472 g/mol. The number of hydrogen-bond acceptors (Lipinski definition) is 9. The Hall–Kier alpha value is -2.98. The van der Waals surface area contributed by atoms with Crippen LogP contribution in [0.5, 0.6) is 0 Å². The van der Waals surface area contributed by atoms with Gasteiger partial charge in [-0.15, -0.1) is 0 Å². The number of fused-ring (bicyclic) bond motifs is 1. The average Bonchev–Trinajstić information content (AvgIpc) is 3.55. The van der Waals surface area contributed by atoms with Crippen LogP contribution >= 0.6 is 11.3 Å². The number of nitrogens with two attached hydrogens (primary N) is 1. The van der Waals surface area contributed by atoms with Crippen LogP contribution < -0.4 is 25.8 Å². The van der Waals surface area contributed by atoms with E-state index in [-0.39, 0.29) is 11.9 Å². The SMILES string of the molecule is NC1CCN(c2cccc(C(=O)Nc3cc4sc(N5CCCCC5)nc4nc3N3CCCCC3)n2)C1. The van der Waals surface area contributed by atoms with Crippen molar-refractivity contribution in [2.75, 3.05) is 59.3 Å². The van der Waals surface area contributed by atoms with Crippen molar-refractivity contribution in [2.45, 2.75) is 51.0 Å². The molecule has 3 aromatic rings. The minimum atomic E-state index is -0.222. The molecule has 36 heavy (non-hydrogen) atoms. The fourth-order valence-corrected chi connectivity index (χ4v) is 6.41. The molecule has 10 heteroatoms. The third kappa shape index (κ3) is 4.84. The Labute approximate surface area is 215 Å². The van der Waals surface area contributed by atoms with Crippen molar-refractivity contribution < 1.29 is 4.79 Å². The Balaban J connectivity index is 1.30. The Morgan fingerprint density at radius 2 is 1.67 bits per heavy atom. The zero-order valence-corrected chi connectivity index (χ0v) is 21.5. The molecule has 3 saturated heterocycles. The molecule has 6 heterocycles. The number of rotatable bonds is 5. The van der Waals surface area contributed by atoms with Crippen molar-refractivity contribution in [1.82, 2.24) is 15.0 Å². The fourth-order valence-electron chi connectivity index (χ4n) is 5.41. The first kappa shape index (κ1) is 23.4. The predicted molar refractivity (Wildman–Crippen MR) is 147 cm³/mol. The number of amides is 1. The topological polar surface area (TPSA) is 104 Å². The molecule has 1 amide bonds. The van der Waals surface area contributed by atoms with Gasteiger partial charge in [-0.3, -0.25) is 4.79 Å². The molecule has 0 spiro atoms. The van der Waals surface area contributed by atoms with Crippen LogP contribution in [0.15, 0.2) is 24.3 Å². The van der Waals surface area contributed by atoms with Gasteiger partial charge >= 0.3 is 0 Å². The first-order valence-electron chi connectivity index (χ1n) is 13.2. The van der Waals surface area contributed by atoms with E-state index in [2.05, 4.69) is 31.1 Å². The quantitative estimate of drug-likeness (QED) is 0.538. The monoisotopic (exact) mass is 506 g/mol. The Morgan fingerprint density at radius 1 is 0.917 bits per heavy atom. The van der Waals surface area contributed by atoms with E-state index in [4.69, 9.17) is 15.7 Å². The molecule has 190 valence electrons. The summed E-state index contributed by atoms with van der Waals surface area (Å²) in [4.78, 5) is 34.7. The second-order valence-electron chi connectivity index (χ2n) is 10.1. The van der Waals surface area contributed by atoms with Crippen molar-refractivity contribution in [1.29, 1.82) is 0 Å². The van der Waals surface area contributed by atoms with E-state index in [9.17, 15) is 4.79 Å². The smallest absolute Gasteiger partial charge is 0.274 e. The third-order valence-corrected chi connectivity index (χ3v) is 8.45. The van der Waals surface area contributed by atoms with Crippen LogP contribution in [0.2, 0.25) is 0 Å². The molecule has 3 aliphatic rings. The van der Waals surface area contributed by atoms with Crippen LogP contribution in [0.1, 0.15) is 55.4 Å². The van der Waals surface area contributed by atoms with E-state index in [0.717, 1.165) is 91.3 Å². The van der Waals surface area contributed by atoms with E-state index < -0.39 is 0 Å². The number of hydrogen-bond donors (Lipinski definition) is 2.